The Morgan fingerprint density at radius 3 is 3.20 bits per heavy atom. The van der Waals surface area contributed by atoms with Crippen molar-refractivity contribution in [3.8, 4) is 0 Å². The van der Waals surface area contributed by atoms with Crippen LogP contribution in [0.1, 0.15) is 12.8 Å². The van der Waals surface area contributed by atoms with Crippen LogP contribution in [0.5, 0.6) is 0 Å². The Balaban J connectivity index is 1.83. The molecule has 1 atom stereocenters. The molecule has 1 aromatic carbocycles. The number of anilines is 2. The lowest BCUT2D eigenvalue weighted by Gasteiger charge is -2.32. The summed E-state index contributed by atoms with van der Waals surface area (Å²) >= 11 is 3.57. The molecule has 0 radical (unpaired) electrons. The van der Waals surface area contributed by atoms with E-state index >= 15 is 0 Å². The second kappa shape index (κ2) is 4.90. The fourth-order valence-corrected chi connectivity index (χ4v) is 3.48. The van der Waals surface area contributed by atoms with Gasteiger partial charge in [0.25, 0.3) is 0 Å². The van der Waals surface area contributed by atoms with Crippen LogP contribution in [0.25, 0.3) is 10.9 Å². The standard InChI is InChI=1S/C15H16BrN3O/c16-10-3-4-13-12(6-10)15-14(7-17-13)18-9-19(15)11-2-1-5-20-8-11/h3-4,6-7,11,18H,1-2,5,8-9H2/t11-/m0/s1. The number of fused-ring (bicyclic) bond motifs is 3. The molecule has 0 aliphatic carbocycles. The average Bonchev–Trinajstić information content (AvgIpc) is 2.92. The Labute approximate surface area is 126 Å². The molecule has 104 valence electrons. The van der Waals surface area contributed by atoms with E-state index in [9.17, 15) is 0 Å². The molecular formula is C15H16BrN3O. The van der Waals surface area contributed by atoms with Crippen molar-refractivity contribution in [3.63, 3.8) is 0 Å². The summed E-state index contributed by atoms with van der Waals surface area (Å²) in [5, 5.41) is 4.65. The third-order valence-electron chi connectivity index (χ3n) is 4.11. The fourth-order valence-electron chi connectivity index (χ4n) is 3.12. The molecule has 2 aliphatic heterocycles. The molecule has 1 saturated heterocycles. The lowest BCUT2D eigenvalue weighted by Crippen LogP contribution is -2.41. The average molecular weight is 334 g/mol. The van der Waals surface area contributed by atoms with Gasteiger partial charge in [-0.1, -0.05) is 15.9 Å². The first-order chi connectivity index (χ1) is 9.83. The summed E-state index contributed by atoms with van der Waals surface area (Å²) < 4.78 is 6.74. The molecule has 4 rings (SSSR count). The number of nitrogens with zero attached hydrogens (tertiary/aromatic N) is 2. The summed E-state index contributed by atoms with van der Waals surface area (Å²) in [6.07, 6.45) is 4.28. The summed E-state index contributed by atoms with van der Waals surface area (Å²) in [6, 6.07) is 6.72. The molecular weight excluding hydrogens is 318 g/mol. The van der Waals surface area contributed by atoms with Crippen LogP contribution in [-0.4, -0.2) is 30.9 Å². The summed E-state index contributed by atoms with van der Waals surface area (Å²) in [7, 11) is 0. The third-order valence-corrected chi connectivity index (χ3v) is 4.60. The Morgan fingerprint density at radius 2 is 2.35 bits per heavy atom. The van der Waals surface area contributed by atoms with Crippen molar-refractivity contribution in [1.82, 2.24) is 4.98 Å². The number of hydrogen-bond acceptors (Lipinski definition) is 4. The van der Waals surface area contributed by atoms with Gasteiger partial charge in [0, 0.05) is 16.5 Å². The number of aromatic nitrogens is 1. The highest BCUT2D eigenvalue weighted by Gasteiger charge is 2.29. The van der Waals surface area contributed by atoms with Gasteiger partial charge >= 0.3 is 0 Å². The first-order valence-corrected chi connectivity index (χ1v) is 7.79. The maximum Gasteiger partial charge on any atom is 0.0882 e. The van der Waals surface area contributed by atoms with Crippen LogP contribution in [0.15, 0.2) is 28.9 Å². The minimum atomic E-state index is 0.460. The maximum absolute atomic E-state index is 5.65. The number of hydrogen-bond donors (Lipinski definition) is 1. The Bertz CT molecular complexity index is 655. The van der Waals surface area contributed by atoms with Crippen LogP contribution in [0.4, 0.5) is 11.4 Å². The number of pyridine rings is 1. The number of nitrogens with one attached hydrogen (secondary N) is 1. The fraction of sp³-hybridized carbons (Fsp3) is 0.400. The molecule has 0 saturated carbocycles. The second-order valence-electron chi connectivity index (χ2n) is 5.36. The van der Waals surface area contributed by atoms with Crippen molar-refractivity contribution >= 4 is 38.2 Å². The molecule has 3 heterocycles. The molecule has 5 heteroatoms. The number of rotatable bonds is 1. The molecule has 20 heavy (non-hydrogen) atoms. The third kappa shape index (κ3) is 1.96. The lowest BCUT2D eigenvalue weighted by molar-refractivity contribution is 0.0801. The van der Waals surface area contributed by atoms with E-state index in [0.29, 0.717) is 6.04 Å². The summed E-state index contributed by atoms with van der Waals surface area (Å²) in [5.41, 5.74) is 3.44. The smallest absolute Gasteiger partial charge is 0.0882 e. The largest absolute Gasteiger partial charge is 0.379 e. The summed E-state index contributed by atoms with van der Waals surface area (Å²) in [6.45, 7) is 2.56. The predicted octanol–water partition coefficient (Wildman–Crippen LogP) is 3.37. The number of ether oxygens (including phenoxy) is 1. The van der Waals surface area contributed by atoms with E-state index in [2.05, 4.69) is 43.3 Å². The van der Waals surface area contributed by atoms with E-state index in [-0.39, 0.29) is 0 Å². The van der Waals surface area contributed by atoms with E-state index in [1.165, 1.54) is 17.5 Å². The first kappa shape index (κ1) is 12.4. The van der Waals surface area contributed by atoms with Gasteiger partial charge in [-0.2, -0.15) is 0 Å². The molecule has 1 aromatic heterocycles. The predicted molar refractivity (Wildman–Crippen MR) is 84.3 cm³/mol. The van der Waals surface area contributed by atoms with Crippen LogP contribution < -0.4 is 10.2 Å². The van der Waals surface area contributed by atoms with E-state index in [1.54, 1.807) is 0 Å². The van der Waals surface area contributed by atoms with E-state index in [0.717, 1.165) is 42.0 Å². The van der Waals surface area contributed by atoms with Crippen molar-refractivity contribution in [1.29, 1.82) is 0 Å². The summed E-state index contributed by atoms with van der Waals surface area (Å²) in [5.74, 6) is 0. The molecule has 1 fully saturated rings. The highest BCUT2D eigenvalue weighted by atomic mass is 79.9. The van der Waals surface area contributed by atoms with Gasteiger partial charge in [-0.3, -0.25) is 4.98 Å². The van der Waals surface area contributed by atoms with Gasteiger partial charge in [-0.15, -0.1) is 0 Å². The van der Waals surface area contributed by atoms with Gasteiger partial charge in [0.05, 0.1) is 42.4 Å². The summed E-state index contributed by atoms with van der Waals surface area (Å²) in [4.78, 5) is 6.97. The number of halogens is 1. The lowest BCUT2D eigenvalue weighted by atomic mass is 10.1. The Kier molecular flexibility index (Phi) is 3.04. The van der Waals surface area contributed by atoms with Crippen molar-refractivity contribution < 1.29 is 4.74 Å². The Hall–Kier alpha value is -1.33. The minimum Gasteiger partial charge on any atom is -0.379 e. The molecule has 0 unspecified atom stereocenters. The van der Waals surface area contributed by atoms with Crippen LogP contribution in [-0.2, 0) is 4.74 Å². The van der Waals surface area contributed by atoms with Gasteiger partial charge in [-0.05, 0) is 31.0 Å². The monoisotopic (exact) mass is 333 g/mol. The highest BCUT2D eigenvalue weighted by Crippen LogP contribution is 2.40. The maximum atomic E-state index is 5.65. The second-order valence-corrected chi connectivity index (χ2v) is 6.27. The van der Waals surface area contributed by atoms with E-state index < -0.39 is 0 Å². The Morgan fingerprint density at radius 1 is 1.40 bits per heavy atom. The van der Waals surface area contributed by atoms with Crippen LogP contribution in [0, 0.1) is 0 Å². The van der Waals surface area contributed by atoms with Crippen molar-refractivity contribution in [2.75, 3.05) is 30.1 Å². The zero-order valence-corrected chi connectivity index (χ0v) is 12.7. The molecule has 0 spiro atoms. The van der Waals surface area contributed by atoms with Crippen LogP contribution >= 0.6 is 15.9 Å². The van der Waals surface area contributed by atoms with E-state index in [4.69, 9.17) is 4.74 Å². The number of benzene rings is 1. The van der Waals surface area contributed by atoms with Crippen LogP contribution in [0.3, 0.4) is 0 Å². The van der Waals surface area contributed by atoms with Gasteiger partial charge in [0.2, 0.25) is 0 Å². The minimum absolute atomic E-state index is 0.460. The first-order valence-electron chi connectivity index (χ1n) is 6.99. The molecule has 0 bridgehead atoms. The molecule has 4 nitrogen and oxygen atoms in total. The van der Waals surface area contributed by atoms with Gasteiger partial charge in [0.1, 0.15) is 0 Å². The van der Waals surface area contributed by atoms with Crippen molar-refractivity contribution in [2.24, 2.45) is 0 Å². The zero-order valence-electron chi connectivity index (χ0n) is 11.1. The zero-order chi connectivity index (χ0) is 13.5. The van der Waals surface area contributed by atoms with Gasteiger partial charge in [0.15, 0.2) is 0 Å². The highest BCUT2D eigenvalue weighted by molar-refractivity contribution is 9.10. The van der Waals surface area contributed by atoms with E-state index in [1.807, 2.05) is 12.3 Å². The SMILES string of the molecule is Brc1ccc2ncc3c(c2c1)N([C@H]1CCCOC1)CN3. The molecule has 2 aromatic rings. The van der Waals surface area contributed by atoms with Gasteiger partial charge < -0.3 is 15.0 Å². The topological polar surface area (TPSA) is 37.4 Å². The molecule has 1 N–H and O–H groups in total. The molecule has 2 aliphatic rings. The molecule has 0 amide bonds. The quantitative estimate of drug-likeness (QED) is 0.868. The van der Waals surface area contributed by atoms with Crippen molar-refractivity contribution in [2.45, 2.75) is 18.9 Å². The van der Waals surface area contributed by atoms with Crippen LogP contribution in [0.2, 0.25) is 0 Å². The van der Waals surface area contributed by atoms with Crippen molar-refractivity contribution in [3.05, 3.63) is 28.9 Å². The van der Waals surface area contributed by atoms with Gasteiger partial charge in [-0.25, -0.2) is 0 Å². The normalized spacial score (nSPS) is 21.9.